The van der Waals surface area contributed by atoms with E-state index in [-0.39, 0.29) is 11.8 Å². The van der Waals surface area contributed by atoms with E-state index in [4.69, 9.17) is 15.9 Å². The molecular formula is C14H25N3O6. The first-order chi connectivity index (χ1) is 10.5. The van der Waals surface area contributed by atoms with E-state index in [1.165, 1.54) is 0 Å². The van der Waals surface area contributed by atoms with Gasteiger partial charge < -0.3 is 26.6 Å². The zero-order chi connectivity index (χ0) is 18.3. The SMILES string of the molecule is CC(C)C(N)C(=O)NC(C(=O)NC(CC(=O)O)C(=O)O)C(C)C. The second-order valence-corrected chi connectivity index (χ2v) is 6.00. The molecule has 0 spiro atoms. The molecule has 0 rings (SSSR count). The molecular weight excluding hydrogens is 306 g/mol. The Hall–Kier alpha value is -2.16. The molecule has 6 N–H and O–H groups in total. The highest BCUT2D eigenvalue weighted by Crippen LogP contribution is 2.06. The van der Waals surface area contributed by atoms with Gasteiger partial charge in [0.05, 0.1) is 12.5 Å². The Morgan fingerprint density at radius 3 is 1.78 bits per heavy atom. The highest BCUT2D eigenvalue weighted by Gasteiger charge is 2.31. The molecule has 0 aliphatic rings. The van der Waals surface area contributed by atoms with Gasteiger partial charge in [0.25, 0.3) is 0 Å². The van der Waals surface area contributed by atoms with E-state index >= 15 is 0 Å². The fourth-order valence-corrected chi connectivity index (χ4v) is 1.72. The summed E-state index contributed by atoms with van der Waals surface area (Å²) in [6, 6.07) is -3.39. The van der Waals surface area contributed by atoms with Crippen LogP contribution in [0.5, 0.6) is 0 Å². The van der Waals surface area contributed by atoms with Crippen molar-refractivity contribution in [2.45, 2.75) is 52.2 Å². The number of nitrogens with two attached hydrogens (primary N) is 1. The van der Waals surface area contributed by atoms with E-state index in [0.717, 1.165) is 0 Å². The van der Waals surface area contributed by atoms with E-state index < -0.39 is 48.3 Å². The fraction of sp³-hybridized carbons (Fsp3) is 0.714. The molecule has 9 heteroatoms. The Morgan fingerprint density at radius 2 is 1.43 bits per heavy atom. The third kappa shape index (κ3) is 7.09. The summed E-state index contributed by atoms with van der Waals surface area (Å²) in [5, 5.41) is 22.2. The van der Waals surface area contributed by atoms with Crippen LogP contribution in [-0.4, -0.2) is 52.1 Å². The van der Waals surface area contributed by atoms with Gasteiger partial charge in [-0.05, 0) is 11.8 Å². The second kappa shape index (κ2) is 9.09. The molecule has 0 aliphatic carbocycles. The molecule has 3 atom stereocenters. The second-order valence-electron chi connectivity index (χ2n) is 6.00. The summed E-state index contributed by atoms with van der Waals surface area (Å²) < 4.78 is 0. The van der Waals surface area contributed by atoms with Crippen molar-refractivity contribution in [1.82, 2.24) is 10.6 Å². The van der Waals surface area contributed by atoms with Gasteiger partial charge in [-0.2, -0.15) is 0 Å². The van der Waals surface area contributed by atoms with Crippen LogP contribution in [0.3, 0.4) is 0 Å². The average molecular weight is 331 g/mol. The van der Waals surface area contributed by atoms with Gasteiger partial charge >= 0.3 is 11.9 Å². The van der Waals surface area contributed by atoms with Crippen LogP contribution in [0.2, 0.25) is 0 Å². The van der Waals surface area contributed by atoms with Crippen LogP contribution >= 0.6 is 0 Å². The first kappa shape index (κ1) is 20.8. The smallest absolute Gasteiger partial charge is 0.326 e. The lowest BCUT2D eigenvalue weighted by Crippen LogP contribution is -2.57. The molecule has 0 radical (unpaired) electrons. The maximum Gasteiger partial charge on any atom is 0.326 e. The topological polar surface area (TPSA) is 159 Å². The van der Waals surface area contributed by atoms with Gasteiger partial charge in [-0.1, -0.05) is 27.7 Å². The Morgan fingerprint density at radius 1 is 0.913 bits per heavy atom. The van der Waals surface area contributed by atoms with Crippen molar-refractivity contribution in [2.24, 2.45) is 17.6 Å². The Balaban J connectivity index is 5.01. The van der Waals surface area contributed by atoms with Crippen LogP contribution in [-0.2, 0) is 19.2 Å². The zero-order valence-electron chi connectivity index (χ0n) is 13.7. The quantitative estimate of drug-likeness (QED) is 0.368. The number of nitrogens with one attached hydrogen (secondary N) is 2. The van der Waals surface area contributed by atoms with Crippen LogP contribution in [0.15, 0.2) is 0 Å². The number of carboxylic acid groups (broad SMARTS) is 2. The molecule has 0 aromatic heterocycles. The van der Waals surface area contributed by atoms with E-state index in [1.807, 2.05) is 0 Å². The van der Waals surface area contributed by atoms with Gasteiger partial charge in [0, 0.05) is 0 Å². The first-order valence-corrected chi connectivity index (χ1v) is 7.28. The molecule has 0 saturated carbocycles. The van der Waals surface area contributed by atoms with Crippen LogP contribution in [0.4, 0.5) is 0 Å². The number of carbonyl (C=O) groups excluding carboxylic acids is 2. The Labute approximate surface area is 134 Å². The molecule has 0 fully saturated rings. The minimum absolute atomic E-state index is 0.135. The third-order valence-corrected chi connectivity index (χ3v) is 3.26. The predicted molar refractivity (Wildman–Crippen MR) is 81.4 cm³/mol. The van der Waals surface area contributed by atoms with Gasteiger partial charge in [-0.3, -0.25) is 14.4 Å². The molecule has 23 heavy (non-hydrogen) atoms. The number of carboxylic acids is 2. The lowest BCUT2D eigenvalue weighted by Gasteiger charge is -2.25. The third-order valence-electron chi connectivity index (χ3n) is 3.26. The maximum atomic E-state index is 12.2. The first-order valence-electron chi connectivity index (χ1n) is 7.28. The van der Waals surface area contributed by atoms with E-state index in [0.29, 0.717) is 0 Å². The van der Waals surface area contributed by atoms with Gasteiger partial charge in [0.2, 0.25) is 11.8 Å². The van der Waals surface area contributed by atoms with Crippen LogP contribution < -0.4 is 16.4 Å². The molecule has 0 aromatic rings. The van der Waals surface area contributed by atoms with Gasteiger partial charge in [0.1, 0.15) is 12.1 Å². The summed E-state index contributed by atoms with van der Waals surface area (Å²) in [5.41, 5.74) is 5.71. The Bertz CT molecular complexity index is 463. The standard InChI is InChI=1S/C14H25N3O6/c1-6(2)10(15)12(20)17-11(7(3)4)13(21)16-8(14(22)23)5-9(18)19/h6-8,10-11H,5,15H2,1-4H3,(H,16,21)(H,17,20)(H,18,19)(H,22,23). The summed E-state index contributed by atoms with van der Waals surface area (Å²) in [6.07, 6.45) is -0.759. The number of aliphatic carboxylic acids is 2. The summed E-state index contributed by atoms with van der Waals surface area (Å²) in [4.78, 5) is 45.8. The number of hydrogen-bond donors (Lipinski definition) is 5. The summed E-state index contributed by atoms with van der Waals surface area (Å²) in [7, 11) is 0. The van der Waals surface area contributed by atoms with Crippen molar-refractivity contribution in [1.29, 1.82) is 0 Å². The molecule has 0 heterocycles. The summed E-state index contributed by atoms with van der Waals surface area (Å²) >= 11 is 0. The fourth-order valence-electron chi connectivity index (χ4n) is 1.72. The van der Waals surface area contributed by atoms with Gasteiger partial charge in [0.15, 0.2) is 0 Å². The minimum Gasteiger partial charge on any atom is -0.481 e. The zero-order valence-corrected chi connectivity index (χ0v) is 13.7. The normalized spacial score (nSPS) is 14.9. The van der Waals surface area contributed by atoms with E-state index in [2.05, 4.69) is 10.6 Å². The molecule has 9 nitrogen and oxygen atoms in total. The number of hydrogen-bond acceptors (Lipinski definition) is 5. The van der Waals surface area contributed by atoms with Gasteiger partial charge in [-0.25, -0.2) is 4.79 Å². The van der Waals surface area contributed by atoms with Crippen molar-refractivity contribution in [3.63, 3.8) is 0 Å². The van der Waals surface area contributed by atoms with E-state index in [9.17, 15) is 19.2 Å². The van der Waals surface area contributed by atoms with Crippen molar-refractivity contribution in [3.05, 3.63) is 0 Å². The molecule has 3 unspecified atom stereocenters. The molecule has 132 valence electrons. The van der Waals surface area contributed by atoms with Crippen LogP contribution in [0.1, 0.15) is 34.1 Å². The average Bonchev–Trinajstić information content (AvgIpc) is 2.41. The van der Waals surface area contributed by atoms with Crippen LogP contribution in [0, 0.1) is 11.8 Å². The monoisotopic (exact) mass is 331 g/mol. The highest BCUT2D eigenvalue weighted by molar-refractivity contribution is 5.92. The van der Waals surface area contributed by atoms with E-state index in [1.54, 1.807) is 27.7 Å². The Kier molecular flexibility index (Phi) is 8.23. The lowest BCUT2D eigenvalue weighted by atomic mass is 10.00. The molecule has 0 aliphatic heterocycles. The highest BCUT2D eigenvalue weighted by atomic mass is 16.4. The van der Waals surface area contributed by atoms with Crippen molar-refractivity contribution in [2.75, 3.05) is 0 Å². The molecule has 0 aromatic carbocycles. The summed E-state index contributed by atoms with van der Waals surface area (Å²) in [6.45, 7) is 6.83. The number of rotatable bonds is 9. The number of amides is 2. The van der Waals surface area contributed by atoms with Gasteiger partial charge in [-0.15, -0.1) is 0 Å². The number of carbonyl (C=O) groups is 4. The van der Waals surface area contributed by atoms with Crippen molar-refractivity contribution in [3.8, 4) is 0 Å². The largest absolute Gasteiger partial charge is 0.481 e. The molecule has 0 bridgehead atoms. The summed E-state index contributed by atoms with van der Waals surface area (Å²) in [5.74, 6) is -4.59. The molecule has 0 saturated heterocycles. The maximum absolute atomic E-state index is 12.2. The van der Waals surface area contributed by atoms with Crippen LogP contribution in [0.25, 0.3) is 0 Å². The lowest BCUT2D eigenvalue weighted by molar-refractivity contribution is -0.147. The van der Waals surface area contributed by atoms with Crippen molar-refractivity contribution >= 4 is 23.8 Å². The minimum atomic E-state index is -1.57. The van der Waals surface area contributed by atoms with Crippen molar-refractivity contribution < 1.29 is 29.4 Å². The predicted octanol–water partition coefficient (Wildman–Crippen LogP) is -0.845. The molecule has 2 amide bonds.